The third-order valence-corrected chi connectivity index (χ3v) is 5.42. The minimum absolute atomic E-state index is 0.193. The minimum Gasteiger partial charge on any atom is -0.465 e. The number of likely N-dealkylation sites (tertiary alicyclic amines) is 1. The van der Waals surface area contributed by atoms with E-state index in [1.165, 1.54) is 10.5 Å². The summed E-state index contributed by atoms with van der Waals surface area (Å²) in [6, 6.07) is 5.69. The Morgan fingerprint density at radius 1 is 1.21 bits per heavy atom. The van der Waals surface area contributed by atoms with E-state index >= 15 is 0 Å². The van der Waals surface area contributed by atoms with Crippen molar-refractivity contribution in [2.24, 2.45) is 0 Å². The summed E-state index contributed by atoms with van der Waals surface area (Å²) in [5.41, 5.74) is 2.17. The molecule has 2 aliphatic heterocycles. The van der Waals surface area contributed by atoms with E-state index in [4.69, 9.17) is 5.11 Å². The molecular weight excluding hydrogens is 309 g/mol. The SMILES string of the molecule is Cc1cc(F)ccc1[C@H]1CN(C)CCN1C1CCN(C(=O)O)CC1. The fourth-order valence-corrected chi connectivity index (χ4v) is 4.05. The molecule has 0 unspecified atom stereocenters. The van der Waals surface area contributed by atoms with Gasteiger partial charge in [-0.15, -0.1) is 0 Å². The molecule has 6 heteroatoms. The summed E-state index contributed by atoms with van der Waals surface area (Å²) >= 11 is 0. The number of hydrogen-bond donors (Lipinski definition) is 1. The molecule has 0 radical (unpaired) electrons. The summed E-state index contributed by atoms with van der Waals surface area (Å²) < 4.78 is 13.5. The molecule has 2 fully saturated rings. The monoisotopic (exact) mass is 335 g/mol. The first-order chi connectivity index (χ1) is 11.5. The molecule has 1 aromatic rings. The van der Waals surface area contributed by atoms with E-state index in [1.807, 2.05) is 13.0 Å². The maximum Gasteiger partial charge on any atom is 0.407 e. The van der Waals surface area contributed by atoms with E-state index in [0.29, 0.717) is 19.1 Å². The largest absolute Gasteiger partial charge is 0.465 e. The Balaban J connectivity index is 1.79. The van der Waals surface area contributed by atoms with Gasteiger partial charge in [-0.2, -0.15) is 0 Å². The van der Waals surface area contributed by atoms with Crippen LogP contribution in [0.15, 0.2) is 18.2 Å². The van der Waals surface area contributed by atoms with Gasteiger partial charge in [-0.3, -0.25) is 4.90 Å². The zero-order valence-corrected chi connectivity index (χ0v) is 14.4. The van der Waals surface area contributed by atoms with E-state index in [2.05, 4.69) is 16.8 Å². The average Bonchev–Trinajstić information content (AvgIpc) is 2.55. The number of aryl methyl sites for hydroxylation is 1. The summed E-state index contributed by atoms with van der Waals surface area (Å²) in [5.74, 6) is -0.193. The highest BCUT2D eigenvalue weighted by Gasteiger charge is 2.35. The highest BCUT2D eigenvalue weighted by Crippen LogP contribution is 2.32. The van der Waals surface area contributed by atoms with Crippen LogP contribution in [0.5, 0.6) is 0 Å². The first-order valence-corrected chi connectivity index (χ1v) is 8.64. The van der Waals surface area contributed by atoms with Crippen molar-refractivity contribution in [3.05, 3.63) is 35.1 Å². The predicted octanol–water partition coefficient (Wildman–Crippen LogP) is 2.57. The molecule has 0 aliphatic carbocycles. The number of benzene rings is 1. The van der Waals surface area contributed by atoms with Crippen LogP contribution in [0.25, 0.3) is 0 Å². The van der Waals surface area contributed by atoms with Gasteiger partial charge in [-0.05, 0) is 50.1 Å². The molecule has 1 N–H and O–H groups in total. The second kappa shape index (κ2) is 7.07. The van der Waals surface area contributed by atoms with Gasteiger partial charge in [0, 0.05) is 44.8 Å². The normalized spacial score (nSPS) is 24.3. The zero-order chi connectivity index (χ0) is 17.3. The summed E-state index contributed by atoms with van der Waals surface area (Å²) in [6.45, 7) is 6.07. The van der Waals surface area contributed by atoms with Gasteiger partial charge in [0.25, 0.3) is 0 Å². The lowest BCUT2D eigenvalue weighted by molar-refractivity contribution is 0.0232. The van der Waals surface area contributed by atoms with Crippen LogP contribution in [0.1, 0.15) is 30.0 Å². The summed E-state index contributed by atoms with van der Waals surface area (Å²) in [4.78, 5) is 17.4. The number of hydrogen-bond acceptors (Lipinski definition) is 3. The second-order valence-electron chi connectivity index (χ2n) is 7.02. The molecule has 5 nitrogen and oxygen atoms in total. The highest BCUT2D eigenvalue weighted by molar-refractivity contribution is 5.65. The average molecular weight is 335 g/mol. The summed E-state index contributed by atoms with van der Waals surface area (Å²) in [7, 11) is 2.12. The molecule has 1 atom stereocenters. The topological polar surface area (TPSA) is 47.0 Å². The van der Waals surface area contributed by atoms with Gasteiger partial charge in [-0.25, -0.2) is 9.18 Å². The van der Waals surface area contributed by atoms with Crippen LogP contribution in [0.2, 0.25) is 0 Å². The minimum atomic E-state index is -0.822. The van der Waals surface area contributed by atoms with Gasteiger partial charge in [0.05, 0.1) is 0 Å². The van der Waals surface area contributed by atoms with Crippen LogP contribution in [0.3, 0.4) is 0 Å². The zero-order valence-electron chi connectivity index (χ0n) is 14.4. The van der Waals surface area contributed by atoms with Gasteiger partial charge >= 0.3 is 6.09 Å². The number of halogens is 1. The lowest BCUT2D eigenvalue weighted by atomic mass is 9.93. The Hall–Kier alpha value is -1.66. The molecule has 0 bridgehead atoms. The van der Waals surface area contributed by atoms with Crippen LogP contribution in [0, 0.1) is 12.7 Å². The van der Waals surface area contributed by atoms with Gasteiger partial charge in [0.15, 0.2) is 0 Å². The fraction of sp³-hybridized carbons (Fsp3) is 0.611. The fourth-order valence-electron chi connectivity index (χ4n) is 4.05. The molecule has 0 saturated carbocycles. The Labute approximate surface area is 142 Å². The first-order valence-electron chi connectivity index (χ1n) is 8.64. The molecule has 1 amide bonds. The van der Waals surface area contributed by atoms with E-state index in [-0.39, 0.29) is 11.9 Å². The number of piperidine rings is 1. The Kier molecular flexibility index (Phi) is 5.06. The van der Waals surface area contributed by atoms with Crippen LogP contribution in [-0.4, -0.2) is 71.7 Å². The van der Waals surface area contributed by atoms with Crippen LogP contribution in [0.4, 0.5) is 9.18 Å². The predicted molar refractivity (Wildman–Crippen MR) is 90.7 cm³/mol. The Morgan fingerprint density at radius 2 is 1.92 bits per heavy atom. The lowest BCUT2D eigenvalue weighted by Gasteiger charge is -2.47. The summed E-state index contributed by atoms with van der Waals surface area (Å²) in [6.07, 6.45) is 0.914. The molecule has 0 aromatic heterocycles. The van der Waals surface area contributed by atoms with Crippen molar-refractivity contribution in [3.8, 4) is 0 Å². The van der Waals surface area contributed by atoms with E-state index < -0.39 is 6.09 Å². The number of piperazine rings is 1. The van der Waals surface area contributed by atoms with Crippen LogP contribution in [-0.2, 0) is 0 Å². The molecule has 0 spiro atoms. The lowest BCUT2D eigenvalue weighted by Crippen LogP contribution is -2.54. The van der Waals surface area contributed by atoms with Crippen molar-refractivity contribution in [2.45, 2.75) is 31.8 Å². The number of rotatable bonds is 2. The summed E-state index contributed by atoms with van der Waals surface area (Å²) in [5, 5.41) is 9.13. The maximum atomic E-state index is 13.5. The van der Waals surface area contributed by atoms with Crippen molar-refractivity contribution in [1.82, 2.24) is 14.7 Å². The van der Waals surface area contributed by atoms with E-state index in [0.717, 1.165) is 38.0 Å². The molecule has 24 heavy (non-hydrogen) atoms. The number of carboxylic acid groups (broad SMARTS) is 1. The van der Waals surface area contributed by atoms with Gasteiger partial charge in [0.2, 0.25) is 0 Å². The van der Waals surface area contributed by atoms with Crippen molar-refractivity contribution >= 4 is 6.09 Å². The third-order valence-electron chi connectivity index (χ3n) is 5.42. The molecular formula is C18H26FN3O2. The molecule has 1 aromatic carbocycles. The maximum absolute atomic E-state index is 13.5. The van der Waals surface area contributed by atoms with E-state index in [9.17, 15) is 9.18 Å². The smallest absolute Gasteiger partial charge is 0.407 e. The van der Waals surface area contributed by atoms with Crippen molar-refractivity contribution < 1.29 is 14.3 Å². The van der Waals surface area contributed by atoms with Crippen LogP contribution < -0.4 is 0 Å². The second-order valence-corrected chi connectivity index (χ2v) is 7.02. The molecule has 2 heterocycles. The van der Waals surface area contributed by atoms with Gasteiger partial charge in [-0.1, -0.05) is 6.07 Å². The van der Waals surface area contributed by atoms with Crippen molar-refractivity contribution in [2.75, 3.05) is 39.8 Å². The number of carbonyl (C=O) groups is 1. The van der Waals surface area contributed by atoms with Gasteiger partial charge in [0.1, 0.15) is 5.82 Å². The van der Waals surface area contributed by atoms with Crippen LogP contribution >= 0.6 is 0 Å². The molecule has 2 aliphatic rings. The Morgan fingerprint density at radius 3 is 2.54 bits per heavy atom. The molecule has 2 saturated heterocycles. The number of likely N-dealkylation sites (N-methyl/N-ethyl adjacent to an activating group) is 1. The number of nitrogens with zero attached hydrogens (tertiary/aromatic N) is 3. The van der Waals surface area contributed by atoms with E-state index in [1.54, 1.807) is 12.1 Å². The van der Waals surface area contributed by atoms with Crippen molar-refractivity contribution in [1.29, 1.82) is 0 Å². The van der Waals surface area contributed by atoms with Crippen molar-refractivity contribution in [3.63, 3.8) is 0 Å². The quantitative estimate of drug-likeness (QED) is 0.902. The standard InChI is InChI=1S/C18H26FN3O2/c1-13-11-14(19)3-4-16(13)17-12-20(2)9-10-22(17)15-5-7-21(8-6-15)18(23)24/h3-4,11,15,17H,5-10,12H2,1-2H3,(H,23,24)/t17-/m1/s1. The first kappa shape index (κ1) is 17.2. The molecule has 132 valence electrons. The third kappa shape index (κ3) is 3.54. The Bertz CT molecular complexity index is 602. The highest BCUT2D eigenvalue weighted by atomic mass is 19.1. The molecule has 3 rings (SSSR count). The number of amides is 1. The van der Waals surface area contributed by atoms with Gasteiger partial charge < -0.3 is 14.9 Å².